The van der Waals surface area contributed by atoms with Gasteiger partial charge in [0.25, 0.3) is 0 Å². The molecular formula is C21H25NO5. The molecule has 1 aliphatic rings. The molecule has 6 nitrogen and oxygen atoms in total. The van der Waals surface area contributed by atoms with Gasteiger partial charge in [0.15, 0.2) is 23.0 Å². The van der Waals surface area contributed by atoms with Crippen LogP contribution in [0.3, 0.4) is 0 Å². The Morgan fingerprint density at radius 2 is 1.52 bits per heavy atom. The Kier molecular flexibility index (Phi) is 5.74. The first-order valence-electron chi connectivity index (χ1n) is 8.85. The minimum absolute atomic E-state index is 0.516. The van der Waals surface area contributed by atoms with Crippen molar-refractivity contribution < 1.29 is 23.7 Å². The summed E-state index contributed by atoms with van der Waals surface area (Å²) >= 11 is 0. The second-order valence-corrected chi connectivity index (χ2v) is 5.98. The summed E-state index contributed by atoms with van der Waals surface area (Å²) in [6.07, 6.45) is 0.838. The summed E-state index contributed by atoms with van der Waals surface area (Å²) in [5, 5.41) is 0. The summed E-state index contributed by atoms with van der Waals surface area (Å²) in [5.41, 5.74) is 3.82. The first kappa shape index (κ1) is 18.9. The molecule has 1 heterocycles. The predicted octanol–water partition coefficient (Wildman–Crippen LogP) is 3.51. The van der Waals surface area contributed by atoms with Gasteiger partial charge in [-0.3, -0.25) is 4.99 Å². The SMILES string of the molecule is CCOc1c(OC)cc(OC)cc1C1=NCCc2cc(OC)c(OC)cc21. The van der Waals surface area contributed by atoms with Crippen molar-refractivity contribution in [2.75, 3.05) is 41.6 Å². The topological polar surface area (TPSA) is 58.5 Å². The van der Waals surface area contributed by atoms with Crippen molar-refractivity contribution in [3.05, 3.63) is 41.0 Å². The lowest BCUT2D eigenvalue weighted by atomic mass is 9.92. The first-order valence-corrected chi connectivity index (χ1v) is 8.85. The molecule has 0 N–H and O–H groups in total. The average molecular weight is 371 g/mol. The number of fused-ring (bicyclic) bond motifs is 1. The van der Waals surface area contributed by atoms with Gasteiger partial charge in [0.05, 0.1) is 40.8 Å². The smallest absolute Gasteiger partial charge is 0.170 e. The van der Waals surface area contributed by atoms with E-state index < -0.39 is 0 Å². The summed E-state index contributed by atoms with van der Waals surface area (Å²) in [6.45, 7) is 3.14. The Bertz CT molecular complexity index is 860. The Labute approximate surface area is 159 Å². The molecule has 0 amide bonds. The van der Waals surface area contributed by atoms with Crippen molar-refractivity contribution in [3.8, 4) is 28.7 Å². The summed E-state index contributed by atoms with van der Waals surface area (Å²) < 4.78 is 27.8. The van der Waals surface area contributed by atoms with Crippen LogP contribution in [0.1, 0.15) is 23.6 Å². The number of hydrogen-bond donors (Lipinski definition) is 0. The van der Waals surface area contributed by atoms with Crippen LogP contribution >= 0.6 is 0 Å². The maximum absolute atomic E-state index is 5.91. The van der Waals surface area contributed by atoms with Gasteiger partial charge < -0.3 is 23.7 Å². The average Bonchev–Trinajstić information content (AvgIpc) is 2.72. The minimum atomic E-state index is 0.516. The van der Waals surface area contributed by atoms with Gasteiger partial charge in [-0.15, -0.1) is 0 Å². The quantitative estimate of drug-likeness (QED) is 0.745. The zero-order valence-electron chi connectivity index (χ0n) is 16.4. The predicted molar refractivity (Wildman–Crippen MR) is 104 cm³/mol. The number of benzene rings is 2. The molecule has 0 aliphatic carbocycles. The van der Waals surface area contributed by atoms with Gasteiger partial charge in [-0.2, -0.15) is 0 Å². The fourth-order valence-electron chi connectivity index (χ4n) is 3.27. The lowest BCUT2D eigenvalue weighted by Gasteiger charge is -2.22. The van der Waals surface area contributed by atoms with E-state index in [-0.39, 0.29) is 0 Å². The highest BCUT2D eigenvalue weighted by Gasteiger charge is 2.25. The van der Waals surface area contributed by atoms with E-state index >= 15 is 0 Å². The molecule has 0 fully saturated rings. The van der Waals surface area contributed by atoms with E-state index in [0.717, 1.165) is 28.8 Å². The Balaban J connectivity index is 2.22. The van der Waals surface area contributed by atoms with Crippen LogP contribution in [0.25, 0.3) is 0 Å². The molecule has 27 heavy (non-hydrogen) atoms. The van der Waals surface area contributed by atoms with Crippen molar-refractivity contribution in [1.29, 1.82) is 0 Å². The zero-order valence-corrected chi connectivity index (χ0v) is 16.4. The molecule has 0 radical (unpaired) electrons. The molecule has 0 spiro atoms. The number of rotatable bonds is 7. The van der Waals surface area contributed by atoms with Gasteiger partial charge in [-0.25, -0.2) is 0 Å². The van der Waals surface area contributed by atoms with Gasteiger partial charge in [0, 0.05) is 23.7 Å². The minimum Gasteiger partial charge on any atom is -0.497 e. The summed E-state index contributed by atoms with van der Waals surface area (Å²) in [4.78, 5) is 4.79. The van der Waals surface area contributed by atoms with Gasteiger partial charge in [0.1, 0.15) is 5.75 Å². The van der Waals surface area contributed by atoms with Crippen LogP contribution in [0.2, 0.25) is 0 Å². The third kappa shape index (κ3) is 3.52. The Hall–Kier alpha value is -2.89. The Morgan fingerprint density at radius 3 is 2.15 bits per heavy atom. The van der Waals surface area contributed by atoms with Crippen molar-refractivity contribution >= 4 is 5.71 Å². The molecular weight excluding hydrogens is 346 g/mol. The molecule has 1 aliphatic heterocycles. The maximum atomic E-state index is 5.91. The van der Waals surface area contributed by atoms with E-state index in [0.29, 0.717) is 41.9 Å². The summed E-state index contributed by atoms with van der Waals surface area (Å²) in [5.74, 6) is 3.33. The second kappa shape index (κ2) is 8.20. The van der Waals surface area contributed by atoms with Crippen molar-refractivity contribution in [3.63, 3.8) is 0 Å². The van der Waals surface area contributed by atoms with Crippen LogP contribution in [-0.4, -0.2) is 47.3 Å². The van der Waals surface area contributed by atoms with Crippen LogP contribution in [0.15, 0.2) is 29.3 Å². The normalized spacial score (nSPS) is 12.7. The highest BCUT2D eigenvalue weighted by Crippen LogP contribution is 2.40. The zero-order chi connectivity index (χ0) is 19.4. The monoisotopic (exact) mass is 371 g/mol. The van der Waals surface area contributed by atoms with Gasteiger partial charge >= 0.3 is 0 Å². The largest absolute Gasteiger partial charge is 0.497 e. The second-order valence-electron chi connectivity index (χ2n) is 5.98. The van der Waals surface area contributed by atoms with E-state index in [2.05, 4.69) is 0 Å². The molecule has 0 saturated carbocycles. The van der Waals surface area contributed by atoms with Crippen LogP contribution < -0.4 is 23.7 Å². The molecule has 0 bridgehead atoms. The number of nitrogens with zero attached hydrogens (tertiary/aromatic N) is 1. The lowest BCUT2D eigenvalue weighted by Crippen LogP contribution is -2.16. The van der Waals surface area contributed by atoms with Gasteiger partial charge in [-0.1, -0.05) is 0 Å². The van der Waals surface area contributed by atoms with E-state index in [9.17, 15) is 0 Å². The van der Waals surface area contributed by atoms with Crippen molar-refractivity contribution in [1.82, 2.24) is 0 Å². The number of hydrogen-bond acceptors (Lipinski definition) is 6. The highest BCUT2D eigenvalue weighted by molar-refractivity contribution is 6.16. The molecule has 6 heteroatoms. The molecule has 0 atom stereocenters. The standard InChI is InChI=1S/C21H25NO5/c1-6-27-21-16(10-14(23-2)11-19(21)26-5)20-15-12-18(25-4)17(24-3)9-13(15)7-8-22-20/h9-12H,6-8H2,1-5H3. The molecule has 3 rings (SSSR count). The van der Waals surface area contributed by atoms with Crippen molar-refractivity contribution in [2.45, 2.75) is 13.3 Å². The molecule has 144 valence electrons. The number of methoxy groups -OCH3 is 4. The third-order valence-electron chi connectivity index (χ3n) is 4.54. The van der Waals surface area contributed by atoms with E-state index in [1.54, 1.807) is 28.4 Å². The summed E-state index contributed by atoms with van der Waals surface area (Å²) in [6, 6.07) is 7.72. The summed E-state index contributed by atoms with van der Waals surface area (Å²) in [7, 11) is 6.52. The molecule has 2 aromatic rings. The van der Waals surface area contributed by atoms with Gasteiger partial charge in [0.2, 0.25) is 0 Å². The Morgan fingerprint density at radius 1 is 0.815 bits per heavy atom. The molecule has 2 aromatic carbocycles. The fourth-order valence-corrected chi connectivity index (χ4v) is 3.27. The molecule has 0 saturated heterocycles. The van der Waals surface area contributed by atoms with E-state index in [4.69, 9.17) is 28.7 Å². The third-order valence-corrected chi connectivity index (χ3v) is 4.54. The van der Waals surface area contributed by atoms with Crippen LogP contribution in [0.5, 0.6) is 28.7 Å². The molecule has 0 unspecified atom stereocenters. The van der Waals surface area contributed by atoms with Crippen molar-refractivity contribution in [2.24, 2.45) is 4.99 Å². The van der Waals surface area contributed by atoms with Crippen LogP contribution in [0, 0.1) is 0 Å². The van der Waals surface area contributed by atoms with E-state index in [1.165, 1.54) is 0 Å². The van der Waals surface area contributed by atoms with Crippen LogP contribution in [0.4, 0.5) is 0 Å². The van der Waals surface area contributed by atoms with E-state index in [1.807, 2.05) is 31.2 Å². The fraction of sp³-hybridized carbons (Fsp3) is 0.381. The van der Waals surface area contributed by atoms with Crippen LogP contribution in [-0.2, 0) is 6.42 Å². The number of aliphatic imine (C=N–C) groups is 1. The highest BCUT2D eigenvalue weighted by atomic mass is 16.5. The van der Waals surface area contributed by atoms with Gasteiger partial charge in [-0.05, 0) is 37.1 Å². The lowest BCUT2D eigenvalue weighted by molar-refractivity contribution is 0.308. The molecule has 0 aromatic heterocycles. The maximum Gasteiger partial charge on any atom is 0.170 e. The number of ether oxygens (including phenoxy) is 5. The first-order chi connectivity index (χ1) is 13.2.